The fourth-order valence-corrected chi connectivity index (χ4v) is 2.23. The van der Waals surface area contributed by atoms with Crippen molar-refractivity contribution in [2.24, 2.45) is 12.8 Å². The summed E-state index contributed by atoms with van der Waals surface area (Å²) in [6.45, 7) is 0. The van der Waals surface area contributed by atoms with Gasteiger partial charge in [-0.3, -0.25) is 4.68 Å². The Kier molecular flexibility index (Phi) is 3.72. The molecule has 0 fully saturated rings. The van der Waals surface area contributed by atoms with Gasteiger partial charge in [-0.25, -0.2) is 0 Å². The second-order valence-electron chi connectivity index (χ2n) is 3.93. The van der Waals surface area contributed by atoms with Crippen molar-refractivity contribution in [3.8, 4) is 0 Å². The molecule has 2 aromatic rings. The van der Waals surface area contributed by atoms with Gasteiger partial charge in [0.15, 0.2) is 0 Å². The highest BCUT2D eigenvalue weighted by atomic mass is 35.5. The Morgan fingerprint density at radius 3 is 2.47 bits per heavy atom. The van der Waals surface area contributed by atoms with Gasteiger partial charge in [-0.05, 0) is 30.2 Å². The van der Waals surface area contributed by atoms with Crippen molar-refractivity contribution in [1.82, 2.24) is 9.78 Å². The molecule has 5 heteroatoms. The predicted molar refractivity (Wildman–Crippen MR) is 70.3 cm³/mol. The smallest absolute Gasteiger partial charge is 0.0795 e. The summed E-state index contributed by atoms with van der Waals surface area (Å²) in [6.07, 6.45) is 2.44. The highest BCUT2D eigenvalue weighted by Crippen LogP contribution is 2.27. The minimum Gasteiger partial charge on any atom is -0.322 e. The van der Waals surface area contributed by atoms with E-state index in [0.717, 1.165) is 11.3 Å². The van der Waals surface area contributed by atoms with Gasteiger partial charge in [-0.2, -0.15) is 5.10 Å². The second kappa shape index (κ2) is 5.08. The minimum atomic E-state index is -0.200. The largest absolute Gasteiger partial charge is 0.322 e. The Morgan fingerprint density at radius 1 is 1.29 bits per heavy atom. The number of rotatable bonds is 3. The lowest BCUT2D eigenvalue weighted by molar-refractivity contribution is 0.657. The maximum absolute atomic E-state index is 6.10. The molecular formula is C12H13Cl2N3. The van der Waals surface area contributed by atoms with E-state index in [2.05, 4.69) is 5.10 Å². The van der Waals surface area contributed by atoms with E-state index in [0.29, 0.717) is 16.5 Å². The average Bonchev–Trinajstić information content (AvgIpc) is 2.70. The van der Waals surface area contributed by atoms with Gasteiger partial charge in [0.05, 0.1) is 11.7 Å². The summed E-state index contributed by atoms with van der Waals surface area (Å²) in [4.78, 5) is 0. The van der Waals surface area contributed by atoms with Crippen LogP contribution in [-0.4, -0.2) is 9.78 Å². The molecule has 2 N–H and O–H groups in total. The van der Waals surface area contributed by atoms with Crippen LogP contribution in [-0.2, 0) is 13.5 Å². The molecule has 17 heavy (non-hydrogen) atoms. The monoisotopic (exact) mass is 269 g/mol. The van der Waals surface area contributed by atoms with Crippen LogP contribution in [0.5, 0.6) is 0 Å². The third-order valence-corrected chi connectivity index (χ3v) is 3.31. The maximum Gasteiger partial charge on any atom is 0.0795 e. The molecule has 0 aliphatic rings. The number of hydrogen-bond donors (Lipinski definition) is 1. The molecule has 0 spiro atoms. The number of aryl methyl sites for hydroxylation is 1. The van der Waals surface area contributed by atoms with Gasteiger partial charge in [0.1, 0.15) is 0 Å². The molecule has 0 amide bonds. The topological polar surface area (TPSA) is 43.8 Å². The molecule has 0 saturated heterocycles. The summed E-state index contributed by atoms with van der Waals surface area (Å²) < 4.78 is 1.73. The van der Waals surface area contributed by atoms with Crippen LogP contribution in [0.15, 0.2) is 30.5 Å². The molecule has 90 valence electrons. The van der Waals surface area contributed by atoms with Crippen molar-refractivity contribution in [2.45, 2.75) is 12.5 Å². The Bertz CT molecular complexity index is 502. The summed E-state index contributed by atoms with van der Waals surface area (Å²) >= 11 is 12.2. The molecule has 1 atom stereocenters. The van der Waals surface area contributed by atoms with E-state index in [4.69, 9.17) is 28.9 Å². The lowest BCUT2D eigenvalue weighted by atomic mass is 10.0. The van der Waals surface area contributed by atoms with E-state index in [1.165, 1.54) is 0 Å². The molecule has 0 bridgehead atoms. The summed E-state index contributed by atoms with van der Waals surface area (Å²) in [5.74, 6) is 0. The molecule has 1 aromatic carbocycles. The maximum atomic E-state index is 6.10. The van der Waals surface area contributed by atoms with Gasteiger partial charge in [0.2, 0.25) is 0 Å². The van der Waals surface area contributed by atoms with Gasteiger partial charge >= 0.3 is 0 Å². The molecule has 3 nitrogen and oxygen atoms in total. The number of halogens is 2. The first-order chi connectivity index (χ1) is 8.08. The number of nitrogens with zero attached hydrogens (tertiary/aromatic N) is 2. The van der Waals surface area contributed by atoms with Gasteiger partial charge in [-0.15, -0.1) is 0 Å². The van der Waals surface area contributed by atoms with E-state index >= 15 is 0 Å². The predicted octanol–water partition coefficient (Wildman–Crippen LogP) is 2.97. The fourth-order valence-electron chi connectivity index (χ4n) is 1.68. The van der Waals surface area contributed by atoms with Crippen molar-refractivity contribution in [1.29, 1.82) is 0 Å². The third kappa shape index (κ3) is 2.80. The molecule has 0 aliphatic carbocycles. The van der Waals surface area contributed by atoms with Gasteiger partial charge in [-0.1, -0.05) is 29.3 Å². The minimum absolute atomic E-state index is 0.200. The summed E-state index contributed by atoms with van der Waals surface area (Å²) in [6, 6.07) is 7.14. The van der Waals surface area contributed by atoms with E-state index < -0.39 is 0 Å². The number of hydrogen-bond acceptors (Lipinski definition) is 2. The first kappa shape index (κ1) is 12.4. The highest BCUT2D eigenvalue weighted by molar-refractivity contribution is 6.35. The molecule has 0 radical (unpaired) electrons. The zero-order valence-electron chi connectivity index (χ0n) is 9.40. The lowest BCUT2D eigenvalue weighted by Crippen LogP contribution is -2.15. The van der Waals surface area contributed by atoms with Crippen molar-refractivity contribution in [3.05, 3.63) is 51.8 Å². The zero-order chi connectivity index (χ0) is 12.4. The van der Waals surface area contributed by atoms with Crippen LogP contribution in [0.1, 0.15) is 17.3 Å². The van der Waals surface area contributed by atoms with E-state index in [1.54, 1.807) is 4.68 Å². The van der Waals surface area contributed by atoms with Gasteiger partial charge in [0.25, 0.3) is 0 Å². The van der Waals surface area contributed by atoms with E-state index in [9.17, 15) is 0 Å². The van der Waals surface area contributed by atoms with Crippen LogP contribution in [0, 0.1) is 0 Å². The molecule has 1 heterocycles. The van der Waals surface area contributed by atoms with E-state index in [1.807, 2.05) is 37.5 Å². The van der Waals surface area contributed by atoms with Crippen LogP contribution in [0.4, 0.5) is 0 Å². The first-order valence-electron chi connectivity index (χ1n) is 5.26. The normalized spacial score (nSPS) is 12.7. The Labute approximate surface area is 110 Å². The van der Waals surface area contributed by atoms with Crippen molar-refractivity contribution >= 4 is 23.2 Å². The summed E-state index contributed by atoms with van der Waals surface area (Å²) in [7, 11) is 1.86. The number of nitrogens with two attached hydrogens (primary N) is 1. The first-order valence-corrected chi connectivity index (χ1v) is 6.01. The highest BCUT2D eigenvalue weighted by Gasteiger charge is 2.14. The zero-order valence-corrected chi connectivity index (χ0v) is 10.9. The molecular weight excluding hydrogens is 257 g/mol. The van der Waals surface area contributed by atoms with Gasteiger partial charge < -0.3 is 5.73 Å². The lowest BCUT2D eigenvalue weighted by Gasteiger charge is -2.11. The van der Waals surface area contributed by atoms with Crippen LogP contribution in [0.2, 0.25) is 10.0 Å². The van der Waals surface area contributed by atoms with Crippen molar-refractivity contribution in [3.63, 3.8) is 0 Å². The molecule has 0 saturated carbocycles. The number of benzene rings is 1. The summed E-state index contributed by atoms with van der Waals surface area (Å²) in [5.41, 5.74) is 7.79. The fraction of sp³-hybridized carbons (Fsp3) is 0.250. The standard InChI is InChI=1S/C12H13Cl2N3/c1-17-6-5-12(16-17)11(15)7-8-9(13)3-2-4-10(8)14/h2-6,11H,7,15H2,1H3. The Balaban J connectivity index is 2.21. The third-order valence-electron chi connectivity index (χ3n) is 2.60. The quantitative estimate of drug-likeness (QED) is 0.931. The van der Waals surface area contributed by atoms with Crippen LogP contribution >= 0.6 is 23.2 Å². The van der Waals surface area contributed by atoms with E-state index in [-0.39, 0.29) is 6.04 Å². The van der Waals surface area contributed by atoms with Gasteiger partial charge in [0, 0.05) is 23.3 Å². The van der Waals surface area contributed by atoms with Crippen LogP contribution in [0.25, 0.3) is 0 Å². The van der Waals surface area contributed by atoms with Crippen molar-refractivity contribution < 1.29 is 0 Å². The van der Waals surface area contributed by atoms with Crippen molar-refractivity contribution in [2.75, 3.05) is 0 Å². The average molecular weight is 270 g/mol. The second-order valence-corrected chi connectivity index (χ2v) is 4.74. The summed E-state index contributed by atoms with van der Waals surface area (Å²) in [5, 5.41) is 5.56. The van der Waals surface area contributed by atoms with Crippen LogP contribution < -0.4 is 5.73 Å². The molecule has 2 rings (SSSR count). The molecule has 1 aromatic heterocycles. The Hall–Kier alpha value is -1.03. The molecule has 0 aliphatic heterocycles. The molecule has 1 unspecified atom stereocenters. The Morgan fingerprint density at radius 2 is 1.94 bits per heavy atom. The SMILES string of the molecule is Cn1ccc(C(N)Cc2c(Cl)cccc2Cl)n1. The van der Waals surface area contributed by atoms with Crippen LogP contribution in [0.3, 0.4) is 0 Å². The number of aromatic nitrogens is 2.